The molecule has 0 aliphatic carbocycles. The van der Waals surface area contributed by atoms with E-state index in [0.29, 0.717) is 0 Å². The number of hydrogen-bond donors (Lipinski definition) is 2. The molecule has 0 aromatic carbocycles. The Kier molecular flexibility index (Phi) is 47.8. The highest BCUT2D eigenvalue weighted by Crippen LogP contribution is 2.14. The standard InChI is InChI=1S/C18H36O2.C16H32O2.C2H6O2/c1-2-3-4-5-6-7-8-9-10-11-12-13-14-15-16-17-18(19)20;1-2-3-4-5-6-7-8-9-10-11-12-13-14-15-16(17)18;3-1-2-4/h2-17H2,1H3,(H,19,20);2-15H2,1H3,(H,17,18);3-4H,1-2H2/p-2. The molecule has 0 atom stereocenters. The summed E-state index contributed by atoms with van der Waals surface area (Å²) in [5.41, 5.74) is 0. The Morgan fingerprint density at radius 2 is 0.524 bits per heavy atom. The molecule has 0 heterocycles. The number of rotatable bonds is 31. The maximum Gasteiger partial charge on any atom is 0.0662 e. The molecule has 0 fully saturated rings. The molecule has 0 radical (unpaired) electrons. The van der Waals surface area contributed by atoms with Gasteiger partial charge in [-0.1, -0.05) is 181 Å². The summed E-state index contributed by atoms with van der Waals surface area (Å²) in [6, 6.07) is 0. The minimum absolute atomic E-state index is 0.125. The largest absolute Gasteiger partial charge is 0.550 e. The van der Waals surface area contributed by atoms with Crippen LogP contribution in [-0.4, -0.2) is 35.4 Å². The number of aliphatic carboxylic acids is 2. The smallest absolute Gasteiger partial charge is 0.0662 e. The molecule has 0 aromatic heterocycles. The van der Waals surface area contributed by atoms with Crippen LogP contribution >= 0.6 is 0 Å². The predicted octanol–water partition coefficient (Wildman–Crippen LogP) is 8.19. The fourth-order valence-corrected chi connectivity index (χ4v) is 4.93. The van der Waals surface area contributed by atoms with E-state index in [1.165, 1.54) is 154 Å². The van der Waals surface area contributed by atoms with Crippen molar-refractivity contribution in [2.75, 3.05) is 13.2 Å². The second-order valence-corrected chi connectivity index (χ2v) is 11.9. The van der Waals surface area contributed by atoms with Gasteiger partial charge < -0.3 is 30.0 Å². The fourth-order valence-electron chi connectivity index (χ4n) is 4.93. The van der Waals surface area contributed by atoms with E-state index in [-0.39, 0.29) is 26.1 Å². The van der Waals surface area contributed by atoms with E-state index >= 15 is 0 Å². The van der Waals surface area contributed by atoms with Crippen molar-refractivity contribution >= 4 is 11.9 Å². The van der Waals surface area contributed by atoms with Crippen LogP contribution in [0, 0.1) is 0 Å². The van der Waals surface area contributed by atoms with Crippen molar-refractivity contribution in [2.45, 2.75) is 206 Å². The maximum atomic E-state index is 10.2. The van der Waals surface area contributed by atoms with Crippen LogP contribution in [0.15, 0.2) is 0 Å². The highest BCUT2D eigenvalue weighted by molar-refractivity contribution is 5.64. The molecule has 0 saturated heterocycles. The number of carbonyl (C=O) groups is 2. The number of unbranched alkanes of at least 4 members (excludes halogenated alkanes) is 26. The van der Waals surface area contributed by atoms with Crippen LogP contribution in [0.2, 0.25) is 0 Å². The molecule has 2 N–H and O–H groups in total. The van der Waals surface area contributed by atoms with Gasteiger partial charge in [0.05, 0.1) is 13.2 Å². The quantitative estimate of drug-likeness (QED) is 0.0774. The van der Waals surface area contributed by atoms with Crippen LogP contribution in [0.3, 0.4) is 0 Å². The summed E-state index contributed by atoms with van der Waals surface area (Å²) in [7, 11) is 0. The summed E-state index contributed by atoms with van der Waals surface area (Å²) in [4.78, 5) is 20.4. The SMILES string of the molecule is CCCCCCCCCCCCCCCC(=O)[O-].CCCCCCCCCCCCCCCCCC(=O)[O-].OCCO. The van der Waals surface area contributed by atoms with Crippen molar-refractivity contribution < 1.29 is 30.0 Å². The van der Waals surface area contributed by atoms with Crippen LogP contribution in [0.25, 0.3) is 0 Å². The molecule has 0 amide bonds. The molecule has 254 valence electrons. The Morgan fingerprint density at radius 1 is 0.357 bits per heavy atom. The normalized spacial score (nSPS) is 10.5. The number of carbonyl (C=O) groups excluding carboxylic acids is 2. The predicted molar refractivity (Wildman–Crippen MR) is 174 cm³/mol. The fraction of sp³-hybridized carbons (Fsp3) is 0.944. The van der Waals surface area contributed by atoms with Gasteiger partial charge in [-0.05, 0) is 25.7 Å². The number of carboxylic acids is 2. The van der Waals surface area contributed by atoms with Crippen LogP contribution in [0.5, 0.6) is 0 Å². The van der Waals surface area contributed by atoms with E-state index in [9.17, 15) is 19.8 Å². The minimum atomic E-state index is -0.905. The highest BCUT2D eigenvalue weighted by atomic mass is 16.4. The summed E-state index contributed by atoms with van der Waals surface area (Å²) in [6.07, 6.45) is 36.8. The average molecular weight is 601 g/mol. The van der Waals surface area contributed by atoms with Gasteiger partial charge in [0.1, 0.15) is 0 Å². The highest BCUT2D eigenvalue weighted by Gasteiger charge is 1.95. The van der Waals surface area contributed by atoms with E-state index in [1.54, 1.807) is 0 Å². The lowest BCUT2D eigenvalue weighted by Crippen LogP contribution is -2.21. The van der Waals surface area contributed by atoms with E-state index in [2.05, 4.69) is 13.8 Å². The minimum Gasteiger partial charge on any atom is -0.550 e. The van der Waals surface area contributed by atoms with Gasteiger partial charge in [0.25, 0.3) is 0 Å². The third-order valence-electron chi connectivity index (χ3n) is 7.57. The zero-order valence-electron chi connectivity index (χ0n) is 28.2. The van der Waals surface area contributed by atoms with Gasteiger partial charge in [0.2, 0.25) is 0 Å². The Morgan fingerprint density at radius 3 is 0.667 bits per heavy atom. The molecule has 0 aromatic rings. The summed E-state index contributed by atoms with van der Waals surface area (Å²) < 4.78 is 0. The van der Waals surface area contributed by atoms with Gasteiger partial charge in [-0.2, -0.15) is 0 Å². The molecule has 6 heteroatoms. The Balaban J connectivity index is -0.000000644. The van der Waals surface area contributed by atoms with E-state index in [0.717, 1.165) is 25.7 Å². The molecule has 0 bridgehead atoms. The third kappa shape index (κ3) is 54.9. The van der Waals surface area contributed by atoms with Crippen molar-refractivity contribution in [1.29, 1.82) is 0 Å². The van der Waals surface area contributed by atoms with Crippen LogP contribution in [0.1, 0.15) is 206 Å². The first kappa shape index (κ1) is 45.3. The van der Waals surface area contributed by atoms with Crippen molar-refractivity contribution in [2.24, 2.45) is 0 Å². The summed E-state index contributed by atoms with van der Waals surface area (Å²) >= 11 is 0. The molecule has 0 rings (SSSR count). The van der Waals surface area contributed by atoms with E-state index < -0.39 is 11.9 Å². The van der Waals surface area contributed by atoms with Gasteiger partial charge in [-0.15, -0.1) is 0 Å². The first-order chi connectivity index (χ1) is 20.5. The van der Waals surface area contributed by atoms with Crippen LogP contribution < -0.4 is 10.2 Å². The summed E-state index contributed by atoms with van der Waals surface area (Å²) in [5.74, 6) is -1.81. The number of aliphatic hydroxyl groups is 2. The topological polar surface area (TPSA) is 121 Å². The van der Waals surface area contributed by atoms with Crippen molar-refractivity contribution in [3.63, 3.8) is 0 Å². The molecule has 0 spiro atoms. The lowest BCUT2D eigenvalue weighted by atomic mass is 10.0. The molecule has 0 aliphatic heterocycles. The third-order valence-corrected chi connectivity index (χ3v) is 7.57. The molecule has 0 saturated carbocycles. The molecule has 0 unspecified atom stereocenters. The first-order valence-corrected chi connectivity index (χ1v) is 18.1. The van der Waals surface area contributed by atoms with Gasteiger partial charge in [-0.3, -0.25) is 0 Å². The van der Waals surface area contributed by atoms with Gasteiger partial charge >= 0.3 is 0 Å². The number of hydrogen-bond acceptors (Lipinski definition) is 6. The summed E-state index contributed by atoms with van der Waals surface area (Å²) in [6.45, 7) is 4.27. The number of carboxylic acid groups (broad SMARTS) is 2. The first-order valence-electron chi connectivity index (χ1n) is 18.1. The van der Waals surface area contributed by atoms with E-state index in [4.69, 9.17) is 10.2 Å². The van der Waals surface area contributed by atoms with Crippen molar-refractivity contribution in [3.05, 3.63) is 0 Å². The molecule has 0 aliphatic rings. The van der Waals surface area contributed by atoms with Crippen molar-refractivity contribution in [3.8, 4) is 0 Å². The Hall–Kier alpha value is -1.14. The second kappa shape index (κ2) is 44.3. The lowest BCUT2D eigenvalue weighted by Gasteiger charge is -2.04. The van der Waals surface area contributed by atoms with E-state index in [1.807, 2.05) is 0 Å². The van der Waals surface area contributed by atoms with Crippen molar-refractivity contribution in [1.82, 2.24) is 0 Å². The zero-order chi connectivity index (χ0) is 31.8. The molecule has 6 nitrogen and oxygen atoms in total. The van der Waals surface area contributed by atoms with Gasteiger partial charge in [0, 0.05) is 11.9 Å². The maximum absolute atomic E-state index is 10.2. The zero-order valence-corrected chi connectivity index (χ0v) is 28.2. The number of aliphatic hydroxyl groups excluding tert-OH is 2. The lowest BCUT2D eigenvalue weighted by molar-refractivity contribution is -0.307. The second-order valence-electron chi connectivity index (χ2n) is 11.9. The molecular formula is C36H72O6-2. The Bertz CT molecular complexity index is 495. The average Bonchev–Trinajstić information content (AvgIpc) is 2.97. The van der Waals surface area contributed by atoms with Crippen LogP contribution in [0.4, 0.5) is 0 Å². The van der Waals surface area contributed by atoms with Crippen LogP contribution in [-0.2, 0) is 9.59 Å². The molecule has 42 heavy (non-hydrogen) atoms. The monoisotopic (exact) mass is 601 g/mol. The van der Waals surface area contributed by atoms with Gasteiger partial charge in [-0.25, -0.2) is 0 Å². The Labute approximate surface area is 261 Å². The summed E-state index contributed by atoms with van der Waals surface area (Å²) in [5, 5.41) is 35.7. The van der Waals surface area contributed by atoms with Gasteiger partial charge in [0.15, 0.2) is 0 Å². The molecular weight excluding hydrogens is 528 g/mol.